The van der Waals surface area contributed by atoms with Crippen LogP contribution < -0.4 is 0 Å². The van der Waals surface area contributed by atoms with Gasteiger partial charge in [-0.2, -0.15) is 0 Å². The molecule has 0 saturated heterocycles. The lowest BCUT2D eigenvalue weighted by Crippen LogP contribution is -2.44. The molecule has 1 saturated carbocycles. The zero-order valence-electron chi connectivity index (χ0n) is 45.3. The van der Waals surface area contributed by atoms with Crippen LogP contribution in [0.15, 0.2) is 0 Å². The van der Waals surface area contributed by atoms with Gasteiger partial charge in [0.05, 0.1) is 58.6 Å². The Bertz CT molecular complexity index is 1020. The van der Waals surface area contributed by atoms with Crippen molar-refractivity contribution >= 4 is 11.9 Å². The number of aliphatic hydroxyl groups is 1. The number of aliphatic hydroxyl groups excluding tert-OH is 1. The van der Waals surface area contributed by atoms with Crippen molar-refractivity contribution in [2.45, 2.75) is 277 Å². The quantitative estimate of drug-likeness (QED) is 0.0472. The van der Waals surface area contributed by atoms with Gasteiger partial charge in [-0.25, -0.2) is 0 Å². The number of esters is 2. The van der Waals surface area contributed by atoms with Crippen molar-refractivity contribution in [3.05, 3.63) is 0 Å². The van der Waals surface area contributed by atoms with Crippen LogP contribution in [0.4, 0.5) is 0 Å². The fourth-order valence-electron chi connectivity index (χ4n) is 10.0. The van der Waals surface area contributed by atoms with Crippen molar-refractivity contribution in [1.82, 2.24) is 9.80 Å². The molecule has 67 heavy (non-hydrogen) atoms. The van der Waals surface area contributed by atoms with Crippen molar-refractivity contribution in [2.75, 3.05) is 72.9 Å². The fourth-order valence-corrected chi connectivity index (χ4v) is 10.0. The lowest BCUT2D eigenvalue weighted by atomic mass is 9.95. The maximum absolute atomic E-state index is 13.1. The largest absolute Gasteiger partial charge is 0.465 e. The first kappa shape index (κ1) is 63.8. The Morgan fingerprint density at radius 1 is 0.507 bits per heavy atom. The number of carbonyl (C=O) groups is 2. The third-order valence-corrected chi connectivity index (χ3v) is 14.5. The zero-order chi connectivity index (χ0) is 48.7. The molecule has 1 aliphatic rings. The molecule has 1 fully saturated rings. The Balaban J connectivity index is 2.77. The summed E-state index contributed by atoms with van der Waals surface area (Å²) in [5, 5.41) is 9.96. The summed E-state index contributed by atoms with van der Waals surface area (Å²) in [6.45, 7) is 14.3. The van der Waals surface area contributed by atoms with Crippen LogP contribution in [0.1, 0.15) is 265 Å². The first-order valence-electron chi connectivity index (χ1n) is 29.4. The monoisotopic (exact) mass is 951 g/mol. The molecule has 398 valence electrons. The maximum Gasteiger partial charge on any atom is 0.308 e. The number of likely N-dealkylation sites (N-methyl/N-ethyl adjacent to an activating group) is 1. The summed E-state index contributed by atoms with van der Waals surface area (Å²) in [6.07, 6.45) is 44.5. The van der Waals surface area contributed by atoms with Crippen LogP contribution in [0.5, 0.6) is 0 Å². The number of ether oxygens (including phenoxy) is 4. The van der Waals surface area contributed by atoms with Crippen LogP contribution >= 0.6 is 0 Å². The Morgan fingerprint density at radius 2 is 0.910 bits per heavy atom. The number of unbranched alkanes of at least 4 members (excludes halogenated alkanes) is 20. The molecule has 0 bridgehead atoms. The van der Waals surface area contributed by atoms with Gasteiger partial charge in [-0.3, -0.25) is 14.5 Å². The van der Waals surface area contributed by atoms with Crippen LogP contribution in [-0.4, -0.2) is 112 Å². The summed E-state index contributed by atoms with van der Waals surface area (Å²) >= 11 is 0. The number of hydrogen-bond donors (Lipinski definition) is 1. The molecule has 9 heteroatoms. The lowest BCUT2D eigenvalue weighted by molar-refractivity contribution is -0.149. The molecule has 0 aromatic carbocycles. The predicted molar refractivity (Wildman–Crippen MR) is 283 cm³/mol. The van der Waals surface area contributed by atoms with E-state index < -0.39 is 0 Å². The molecule has 0 aliphatic heterocycles. The van der Waals surface area contributed by atoms with E-state index in [0.29, 0.717) is 50.8 Å². The standard InChI is InChI=1S/C58H114N2O7/c1-6-10-14-18-23-29-35-53(36-30-24-19-15-11-7-2)50-66-57(62)41-47-64-52-56(49-59(5)43-44-60(45-46-61)55-39-33-27-22-28-34-40-55)65-48-42-58(63)67-51-54(37-31-25-20-16-12-8-3)38-32-26-21-17-13-9-4/h53-56,61H,6-52H2,1-5H3. The van der Waals surface area contributed by atoms with Gasteiger partial charge in [0.1, 0.15) is 0 Å². The minimum absolute atomic E-state index is 0.177. The Kier molecular flexibility index (Phi) is 46.0. The van der Waals surface area contributed by atoms with E-state index in [1.807, 2.05) is 0 Å². The first-order chi connectivity index (χ1) is 32.9. The van der Waals surface area contributed by atoms with E-state index in [1.165, 1.54) is 199 Å². The molecule has 9 nitrogen and oxygen atoms in total. The molecular weight excluding hydrogens is 837 g/mol. The fraction of sp³-hybridized carbons (Fsp3) is 0.966. The molecule has 0 aromatic rings. The highest BCUT2D eigenvalue weighted by molar-refractivity contribution is 5.69. The lowest BCUT2D eigenvalue weighted by Gasteiger charge is -2.34. The number of rotatable bonds is 49. The van der Waals surface area contributed by atoms with Gasteiger partial charge in [0.25, 0.3) is 0 Å². The van der Waals surface area contributed by atoms with Crippen LogP contribution in [0.25, 0.3) is 0 Å². The van der Waals surface area contributed by atoms with E-state index in [1.54, 1.807) is 0 Å². The van der Waals surface area contributed by atoms with E-state index in [-0.39, 0.29) is 50.7 Å². The van der Waals surface area contributed by atoms with Gasteiger partial charge in [0.15, 0.2) is 0 Å². The van der Waals surface area contributed by atoms with Crippen LogP contribution in [0.3, 0.4) is 0 Å². The highest BCUT2D eigenvalue weighted by Crippen LogP contribution is 2.23. The SMILES string of the molecule is CCCCCCCCC(CCCCCCCC)COC(=O)CCOCC(CN(C)CCN(CCO)C1CCCCCCC1)OCCC(=O)OCC(CCCCCCCC)CCCCCCCC. The summed E-state index contributed by atoms with van der Waals surface area (Å²) in [4.78, 5) is 30.9. The molecule has 1 unspecified atom stereocenters. The predicted octanol–water partition coefficient (Wildman–Crippen LogP) is 14.8. The number of hydrogen-bond acceptors (Lipinski definition) is 9. The van der Waals surface area contributed by atoms with Gasteiger partial charge in [-0.15, -0.1) is 0 Å². The summed E-state index contributed by atoms with van der Waals surface area (Å²) in [5.74, 6) is 0.506. The highest BCUT2D eigenvalue weighted by Gasteiger charge is 2.22. The van der Waals surface area contributed by atoms with Crippen LogP contribution in [-0.2, 0) is 28.5 Å². The van der Waals surface area contributed by atoms with Gasteiger partial charge in [-0.05, 0) is 57.4 Å². The summed E-state index contributed by atoms with van der Waals surface area (Å²) in [6, 6.07) is 0.527. The second kappa shape index (κ2) is 48.4. The first-order valence-corrected chi connectivity index (χ1v) is 29.4. The van der Waals surface area contributed by atoms with E-state index in [4.69, 9.17) is 18.9 Å². The zero-order valence-corrected chi connectivity index (χ0v) is 45.3. The molecule has 0 spiro atoms. The average molecular weight is 952 g/mol. The van der Waals surface area contributed by atoms with Gasteiger partial charge in [0, 0.05) is 32.2 Å². The normalized spacial score (nSPS) is 14.4. The third kappa shape index (κ3) is 40.1. The Hall–Kier alpha value is -1.26. The second-order valence-corrected chi connectivity index (χ2v) is 20.9. The molecule has 0 heterocycles. The molecule has 1 atom stereocenters. The van der Waals surface area contributed by atoms with Crippen molar-refractivity contribution in [2.24, 2.45) is 11.8 Å². The van der Waals surface area contributed by atoms with Crippen molar-refractivity contribution in [3.63, 3.8) is 0 Å². The topological polar surface area (TPSA) is 97.8 Å². The van der Waals surface area contributed by atoms with Gasteiger partial charge >= 0.3 is 11.9 Å². The number of carbonyl (C=O) groups excluding carboxylic acids is 2. The molecule has 0 radical (unpaired) electrons. The molecule has 0 aromatic heterocycles. The Morgan fingerprint density at radius 3 is 1.34 bits per heavy atom. The molecule has 0 amide bonds. The van der Waals surface area contributed by atoms with E-state index in [9.17, 15) is 14.7 Å². The second-order valence-electron chi connectivity index (χ2n) is 20.9. The summed E-state index contributed by atoms with van der Waals surface area (Å²) in [5.41, 5.74) is 0. The van der Waals surface area contributed by atoms with Gasteiger partial charge in [0.2, 0.25) is 0 Å². The third-order valence-electron chi connectivity index (χ3n) is 14.5. The summed E-state index contributed by atoms with van der Waals surface area (Å²) < 4.78 is 24.4. The smallest absolute Gasteiger partial charge is 0.308 e. The van der Waals surface area contributed by atoms with Crippen molar-refractivity contribution < 1.29 is 33.6 Å². The van der Waals surface area contributed by atoms with Crippen molar-refractivity contribution in [1.29, 1.82) is 0 Å². The molecule has 1 rings (SSSR count). The van der Waals surface area contributed by atoms with Crippen LogP contribution in [0, 0.1) is 11.8 Å². The van der Waals surface area contributed by atoms with Gasteiger partial charge in [-0.1, -0.05) is 214 Å². The average Bonchev–Trinajstić information content (AvgIpc) is 3.31. The van der Waals surface area contributed by atoms with Crippen molar-refractivity contribution in [3.8, 4) is 0 Å². The van der Waals surface area contributed by atoms with Crippen LogP contribution in [0.2, 0.25) is 0 Å². The molecular formula is C58H114N2O7. The Labute approximate surface area is 416 Å². The number of nitrogens with zero attached hydrogens (tertiary/aromatic N) is 2. The van der Waals surface area contributed by atoms with E-state index in [2.05, 4.69) is 44.5 Å². The van der Waals surface area contributed by atoms with E-state index >= 15 is 0 Å². The minimum Gasteiger partial charge on any atom is -0.465 e. The highest BCUT2D eigenvalue weighted by atomic mass is 16.6. The minimum atomic E-state index is -0.256. The summed E-state index contributed by atoms with van der Waals surface area (Å²) in [7, 11) is 2.12. The maximum atomic E-state index is 13.1. The molecule has 1 N–H and O–H groups in total. The van der Waals surface area contributed by atoms with Gasteiger partial charge < -0.3 is 29.0 Å². The van der Waals surface area contributed by atoms with E-state index in [0.717, 1.165) is 38.8 Å². The molecule has 1 aliphatic carbocycles.